The Kier molecular flexibility index (Phi) is 7.10. The average molecular weight is 484 g/mol. The Balaban J connectivity index is 1.36. The summed E-state index contributed by atoms with van der Waals surface area (Å²) in [5.74, 6) is -0.393. The number of rotatable bonds is 7. The minimum Gasteiger partial charge on any atom is -0.462 e. The maximum Gasteiger partial charge on any atom is 0.313 e. The molecule has 5 rings (SSSR count). The van der Waals surface area contributed by atoms with Crippen molar-refractivity contribution < 1.29 is 18.7 Å². The van der Waals surface area contributed by atoms with Crippen LogP contribution in [0, 0.1) is 29.5 Å². The highest BCUT2D eigenvalue weighted by Crippen LogP contribution is 2.46. The highest BCUT2D eigenvalue weighted by Gasteiger charge is 2.49. The topological polar surface area (TPSA) is 48.4 Å². The molecule has 2 aliphatic rings. The van der Waals surface area contributed by atoms with Gasteiger partial charge < -0.3 is 9.47 Å². The first-order chi connectivity index (χ1) is 17.5. The Morgan fingerprint density at radius 2 is 1.89 bits per heavy atom. The third-order valence-electron chi connectivity index (χ3n) is 7.31. The van der Waals surface area contributed by atoms with Gasteiger partial charge in [-0.2, -0.15) is 0 Å². The molecule has 1 saturated heterocycles. The van der Waals surface area contributed by atoms with Gasteiger partial charge in [0.05, 0.1) is 24.8 Å². The van der Waals surface area contributed by atoms with Crippen LogP contribution in [0.25, 0.3) is 17.2 Å². The fourth-order valence-electron chi connectivity index (χ4n) is 5.43. The predicted molar refractivity (Wildman–Crippen MR) is 138 cm³/mol. The lowest BCUT2D eigenvalue weighted by Crippen LogP contribution is -2.37. The van der Waals surface area contributed by atoms with Gasteiger partial charge in [-0.15, -0.1) is 0 Å². The number of nitrogens with zero attached hydrogens (tertiary/aromatic N) is 1. The first kappa shape index (κ1) is 24.1. The summed E-state index contributed by atoms with van der Waals surface area (Å²) in [4.78, 5) is 17.1. The number of benzene rings is 2. The van der Waals surface area contributed by atoms with Gasteiger partial charge in [0.15, 0.2) is 0 Å². The van der Waals surface area contributed by atoms with E-state index in [9.17, 15) is 9.18 Å². The smallest absolute Gasteiger partial charge is 0.313 e. The summed E-state index contributed by atoms with van der Waals surface area (Å²) >= 11 is 0. The number of carbonyl (C=O) groups is 1. The Morgan fingerprint density at radius 3 is 2.64 bits per heavy atom. The summed E-state index contributed by atoms with van der Waals surface area (Å²) in [7, 11) is 0. The number of allylic oxidation sites excluding steroid dienone is 1. The molecule has 0 radical (unpaired) electrons. The zero-order valence-corrected chi connectivity index (χ0v) is 20.5. The van der Waals surface area contributed by atoms with E-state index in [2.05, 4.69) is 36.2 Å². The molecule has 0 amide bonds. The van der Waals surface area contributed by atoms with Crippen LogP contribution in [0.1, 0.15) is 25.1 Å². The highest BCUT2D eigenvalue weighted by atomic mass is 19.1. The second-order valence-electron chi connectivity index (χ2n) is 9.68. The molecule has 5 unspecified atom stereocenters. The summed E-state index contributed by atoms with van der Waals surface area (Å²) in [5.41, 5.74) is 4.74. The number of ether oxygens (including phenoxy) is 2. The zero-order chi connectivity index (χ0) is 25.1. The van der Waals surface area contributed by atoms with Gasteiger partial charge in [-0.1, -0.05) is 66.3 Å². The van der Waals surface area contributed by atoms with E-state index in [1.54, 1.807) is 12.3 Å². The predicted octanol–water partition coefficient (Wildman–Crippen LogP) is 6.49. The van der Waals surface area contributed by atoms with Gasteiger partial charge in [0.1, 0.15) is 11.9 Å². The molecular weight excluding hydrogens is 453 g/mol. The second kappa shape index (κ2) is 10.6. The summed E-state index contributed by atoms with van der Waals surface area (Å²) in [6, 6.07) is 20.5. The normalized spacial score (nSPS) is 25.5. The van der Waals surface area contributed by atoms with Crippen LogP contribution >= 0.6 is 0 Å². The van der Waals surface area contributed by atoms with Crippen LogP contribution < -0.4 is 0 Å². The average Bonchev–Trinajstić information content (AvgIpc) is 3.17. The van der Waals surface area contributed by atoms with E-state index in [0.717, 1.165) is 28.0 Å². The number of esters is 1. The largest absolute Gasteiger partial charge is 0.462 e. The molecule has 184 valence electrons. The SMILES string of the molecule is CC1=CC2C(=O)OC(C)C2C(/C=C/c2ccc(-c3cccc(F)c3)cn2)C1COCc1ccccc1. The molecule has 0 saturated carbocycles. The number of hydrogen-bond acceptors (Lipinski definition) is 4. The lowest BCUT2D eigenvalue weighted by molar-refractivity contribution is -0.142. The number of carbonyl (C=O) groups excluding carboxylic acids is 1. The van der Waals surface area contributed by atoms with E-state index < -0.39 is 0 Å². The van der Waals surface area contributed by atoms with Gasteiger partial charge in [0.25, 0.3) is 0 Å². The molecule has 1 aliphatic carbocycles. The van der Waals surface area contributed by atoms with Crippen molar-refractivity contribution in [2.45, 2.75) is 26.6 Å². The molecule has 3 aromatic rings. The van der Waals surface area contributed by atoms with Crippen molar-refractivity contribution >= 4 is 12.0 Å². The van der Waals surface area contributed by atoms with Gasteiger partial charge in [-0.25, -0.2) is 4.39 Å². The van der Waals surface area contributed by atoms with Crippen LogP contribution in [0.3, 0.4) is 0 Å². The molecule has 5 atom stereocenters. The molecular formula is C31H30FNO3. The highest BCUT2D eigenvalue weighted by molar-refractivity contribution is 5.78. The van der Waals surface area contributed by atoms with E-state index in [0.29, 0.717) is 13.2 Å². The summed E-state index contributed by atoms with van der Waals surface area (Å²) in [6.07, 6.45) is 7.84. The third kappa shape index (κ3) is 5.17. The standard InChI is InChI=1S/C31H30FNO3/c1-20-15-28-30(21(2)36-31(28)34)27(29(20)19-35-18-22-7-4-3-5-8-22)14-13-26-12-11-24(17-33-26)23-9-6-10-25(32)16-23/h3-17,21,27-30H,18-19H2,1-2H3/b14-13+. The monoisotopic (exact) mass is 483 g/mol. The molecule has 2 aromatic carbocycles. The number of pyridine rings is 1. The van der Waals surface area contributed by atoms with E-state index in [1.807, 2.05) is 49.4 Å². The fourth-order valence-corrected chi connectivity index (χ4v) is 5.43. The molecule has 36 heavy (non-hydrogen) atoms. The van der Waals surface area contributed by atoms with Gasteiger partial charge in [-0.05, 0) is 55.2 Å². The van der Waals surface area contributed by atoms with Crippen LogP contribution in [0.4, 0.5) is 4.39 Å². The third-order valence-corrected chi connectivity index (χ3v) is 7.31. The maximum absolute atomic E-state index is 13.6. The molecule has 1 fully saturated rings. The van der Waals surface area contributed by atoms with Crippen LogP contribution in [0.5, 0.6) is 0 Å². The first-order valence-electron chi connectivity index (χ1n) is 12.4. The van der Waals surface area contributed by atoms with Gasteiger partial charge in [0, 0.05) is 23.6 Å². The first-order valence-corrected chi connectivity index (χ1v) is 12.4. The van der Waals surface area contributed by atoms with Crippen LogP contribution in [-0.2, 0) is 20.9 Å². The van der Waals surface area contributed by atoms with Crippen molar-refractivity contribution in [3.63, 3.8) is 0 Å². The van der Waals surface area contributed by atoms with Crippen molar-refractivity contribution in [3.8, 4) is 11.1 Å². The van der Waals surface area contributed by atoms with Crippen molar-refractivity contribution in [2.75, 3.05) is 6.61 Å². The number of cyclic esters (lactones) is 1. The Hall–Kier alpha value is -3.57. The van der Waals surface area contributed by atoms with E-state index in [4.69, 9.17) is 9.47 Å². The Bertz CT molecular complexity index is 1270. The van der Waals surface area contributed by atoms with Crippen LogP contribution in [-0.4, -0.2) is 23.7 Å². The lowest BCUT2D eigenvalue weighted by atomic mass is 9.66. The van der Waals surface area contributed by atoms with Crippen molar-refractivity contribution in [1.29, 1.82) is 0 Å². The number of aromatic nitrogens is 1. The van der Waals surface area contributed by atoms with Crippen molar-refractivity contribution in [2.24, 2.45) is 23.7 Å². The van der Waals surface area contributed by atoms with Gasteiger partial charge in [-0.3, -0.25) is 9.78 Å². The molecule has 2 heterocycles. The number of hydrogen-bond donors (Lipinski definition) is 0. The minimum atomic E-state index is -0.269. The number of halogens is 1. The zero-order valence-electron chi connectivity index (χ0n) is 20.5. The second-order valence-corrected chi connectivity index (χ2v) is 9.68. The van der Waals surface area contributed by atoms with E-state index in [-0.39, 0.29) is 41.6 Å². The maximum atomic E-state index is 13.6. The van der Waals surface area contributed by atoms with Crippen LogP contribution in [0.15, 0.2) is 90.7 Å². The Morgan fingerprint density at radius 1 is 1.06 bits per heavy atom. The van der Waals surface area contributed by atoms with Crippen LogP contribution in [0.2, 0.25) is 0 Å². The quantitative estimate of drug-likeness (QED) is 0.285. The van der Waals surface area contributed by atoms with E-state index >= 15 is 0 Å². The van der Waals surface area contributed by atoms with Gasteiger partial charge >= 0.3 is 5.97 Å². The van der Waals surface area contributed by atoms with Gasteiger partial charge in [0.2, 0.25) is 0 Å². The van der Waals surface area contributed by atoms with E-state index in [1.165, 1.54) is 12.1 Å². The molecule has 1 aromatic heterocycles. The molecule has 1 aliphatic heterocycles. The minimum absolute atomic E-state index is 0.0503. The van der Waals surface area contributed by atoms with Crippen molar-refractivity contribution in [3.05, 3.63) is 108 Å². The Labute approximate surface area is 211 Å². The molecule has 4 nitrogen and oxygen atoms in total. The molecule has 0 spiro atoms. The fraction of sp³-hybridized carbons (Fsp3) is 0.290. The summed E-state index contributed by atoms with van der Waals surface area (Å²) < 4.78 is 25.4. The molecule has 0 bridgehead atoms. The van der Waals surface area contributed by atoms with Crippen molar-refractivity contribution in [1.82, 2.24) is 4.98 Å². The summed E-state index contributed by atoms with van der Waals surface area (Å²) in [5, 5.41) is 0. The molecule has 5 heteroatoms. The molecule has 0 N–H and O–H groups in total. The summed E-state index contributed by atoms with van der Waals surface area (Å²) in [6.45, 7) is 5.16. The number of fused-ring (bicyclic) bond motifs is 1. The lowest BCUT2D eigenvalue weighted by Gasteiger charge is -2.37.